The topological polar surface area (TPSA) is 89.3 Å². The average molecular weight is 208 g/mol. The molecule has 0 fully saturated rings. The highest BCUT2D eigenvalue weighted by molar-refractivity contribution is 5.95. The Balaban J connectivity index is 3.19. The zero-order valence-electron chi connectivity index (χ0n) is 8.95. The van der Waals surface area contributed by atoms with Crippen molar-refractivity contribution in [2.45, 2.75) is 25.9 Å². The normalized spacial score (nSPS) is 11.4. The minimum absolute atomic E-state index is 0.304. The van der Waals surface area contributed by atoms with E-state index in [1.54, 1.807) is 32.0 Å². The van der Waals surface area contributed by atoms with Crippen molar-refractivity contribution >= 4 is 11.6 Å². The smallest absolute Gasteiger partial charge is 0.249 e. The number of amides is 1. The Hall–Kier alpha value is -1.55. The molecule has 4 heteroatoms. The molecule has 1 amide bonds. The molecule has 0 aliphatic carbocycles. The average Bonchev–Trinajstić information content (AvgIpc) is 2.05. The lowest BCUT2D eigenvalue weighted by Crippen LogP contribution is -2.25. The molecular weight excluding hydrogens is 192 g/mol. The van der Waals surface area contributed by atoms with Crippen LogP contribution in [0.3, 0.4) is 0 Å². The Bertz CT molecular complexity index is 381. The fourth-order valence-electron chi connectivity index (χ4n) is 1.47. The Morgan fingerprint density at radius 1 is 1.47 bits per heavy atom. The lowest BCUT2D eigenvalue weighted by Gasteiger charge is -2.19. The van der Waals surface area contributed by atoms with E-state index in [-0.39, 0.29) is 0 Å². The van der Waals surface area contributed by atoms with Crippen LogP contribution in [0.1, 0.15) is 29.8 Å². The molecule has 0 radical (unpaired) electrons. The fraction of sp³-hybridized carbons (Fsp3) is 0.364. The van der Waals surface area contributed by atoms with Gasteiger partial charge in [-0.2, -0.15) is 0 Å². The number of rotatable bonds is 3. The fourth-order valence-corrected chi connectivity index (χ4v) is 1.47. The molecule has 5 N–H and O–H groups in total. The number of benzene rings is 1. The highest BCUT2D eigenvalue weighted by Gasteiger charge is 2.19. The standard InChI is InChI=1S/C11H16N2O2/c1-11(2,15)6-8-7(10(13)14)4-3-5-9(8)12/h3-5,15H,6,12H2,1-2H3,(H2,13,14). The summed E-state index contributed by atoms with van der Waals surface area (Å²) in [5.41, 5.74) is 11.5. The zero-order chi connectivity index (χ0) is 11.6. The summed E-state index contributed by atoms with van der Waals surface area (Å²) in [6.45, 7) is 3.31. The third-order valence-electron chi connectivity index (χ3n) is 2.09. The Labute approximate surface area is 88.9 Å². The molecule has 0 atom stereocenters. The first kappa shape index (κ1) is 11.5. The molecule has 0 spiro atoms. The van der Waals surface area contributed by atoms with Crippen molar-refractivity contribution in [3.05, 3.63) is 29.3 Å². The molecule has 0 aromatic heterocycles. The van der Waals surface area contributed by atoms with E-state index in [9.17, 15) is 9.90 Å². The summed E-state index contributed by atoms with van der Waals surface area (Å²) in [6.07, 6.45) is 0.304. The number of anilines is 1. The van der Waals surface area contributed by atoms with E-state index >= 15 is 0 Å². The second-order valence-electron chi connectivity index (χ2n) is 4.23. The molecule has 4 nitrogen and oxygen atoms in total. The van der Waals surface area contributed by atoms with Crippen LogP contribution >= 0.6 is 0 Å². The highest BCUT2D eigenvalue weighted by atomic mass is 16.3. The van der Waals surface area contributed by atoms with Gasteiger partial charge in [0.05, 0.1) is 5.60 Å². The number of nitrogen functional groups attached to an aromatic ring is 1. The van der Waals surface area contributed by atoms with Crippen LogP contribution in [0.25, 0.3) is 0 Å². The third-order valence-corrected chi connectivity index (χ3v) is 2.09. The van der Waals surface area contributed by atoms with E-state index in [4.69, 9.17) is 11.5 Å². The predicted molar refractivity (Wildman–Crippen MR) is 59.4 cm³/mol. The molecule has 1 aromatic rings. The van der Waals surface area contributed by atoms with Crippen LogP contribution in [-0.4, -0.2) is 16.6 Å². The molecule has 0 aliphatic rings. The molecular formula is C11H16N2O2. The van der Waals surface area contributed by atoms with Crippen LogP contribution in [0.15, 0.2) is 18.2 Å². The van der Waals surface area contributed by atoms with E-state index in [0.717, 1.165) is 0 Å². The lowest BCUT2D eigenvalue weighted by molar-refractivity contribution is 0.0807. The molecule has 15 heavy (non-hydrogen) atoms. The van der Waals surface area contributed by atoms with Gasteiger partial charge in [0.1, 0.15) is 0 Å². The first-order valence-electron chi connectivity index (χ1n) is 4.71. The van der Waals surface area contributed by atoms with E-state index in [1.807, 2.05) is 0 Å². The molecule has 0 heterocycles. The van der Waals surface area contributed by atoms with E-state index in [2.05, 4.69) is 0 Å². The minimum atomic E-state index is -0.917. The van der Waals surface area contributed by atoms with Gasteiger partial charge in [0.25, 0.3) is 0 Å². The Morgan fingerprint density at radius 2 is 2.07 bits per heavy atom. The number of aliphatic hydroxyl groups is 1. The third kappa shape index (κ3) is 2.95. The summed E-state index contributed by atoms with van der Waals surface area (Å²) in [5.74, 6) is -0.526. The van der Waals surface area contributed by atoms with Crippen molar-refractivity contribution in [1.82, 2.24) is 0 Å². The first-order valence-corrected chi connectivity index (χ1v) is 4.71. The number of hydrogen-bond donors (Lipinski definition) is 3. The maximum Gasteiger partial charge on any atom is 0.249 e. The van der Waals surface area contributed by atoms with Gasteiger partial charge in [0.15, 0.2) is 0 Å². The van der Waals surface area contributed by atoms with Crippen molar-refractivity contribution in [3.63, 3.8) is 0 Å². The number of carbonyl (C=O) groups excluding carboxylic acids is 1. The Kier molecular flexibility index (Phi) is 3.00. The number of carbonyl (C=O) groups is 1. The van der Waals surface area contributed by atoms with Crippen LogP contribution in [0.4, 0.5) is 5.69 Å². The van der Waals surface area contributed by atoms with Gasteiger partial charge in [0.2, 0.25) is 5.91 Å². The van der Waals surface area contributed by atoms with Gasteiger partial charge in [-0.3, -0.25) is 4.79 Å². The molecule has 0 bridgehead atoms. The van der Waals surface area contributed by atoms with Crippen LogP contribution in [0.5, 0.6) is 0 Å². The highest BCUT2D eigenvalue weighted by Crippen LogP contribution is 2.22. The van der Waals surface area contributed by atoms with E-state index in [0.29, 0.717) is 23.2 Å². The molecule has 0 saturated carbocycles. The molecule has 1 rings (SSSR count). The van der Waals surface area contributed by atoms with Crippen molar-refractivity contribution < 1.29 is 9.90 Å². The largest absolute Gasteiger partial charge is 0.398 e. The van der Waals surface area contributed by atoms with Crippen LogP contribution < -0.4 is 11.5 Å². The maximum absolute atomic E-state index is 11.1. The summed E-state index contributed by atoms with van der Waals surface area (Å²) in [5, 5.41) is 9.69. The molecule has 0 saturated heterocycles. The second-order valence-corrected chi connectivity index (χ2v) is 4.23. The van der Waals surface area contributed by atoms with Crippen molar-refractivity contribution in [2.75, 3.05) is 5.73 Å². The summed E-state index contributed by atoms with van der Waals surface area (Å²) >= 11 is 0. The van der Waals surface area contributed by atoms with Crippen molar-refractivity contribution in [3.8, 4) is 0 Å². The van der Waals surface area contributed by atoms with Gasteiger partial charge >= 0.3 is 0 Å². The van der Waals surface area contributed by atoms with Gasteiger partial charge in [0, 0.05) is 17.7 Å². The van der Waals surface area contributed by atoms with Gasteiger partial charge in [-0.25, -0.2) is 0 Å². The lowest BCUT2D eigenvalue weighted by atomic mass is 9.93. The SMILES string of the molecule is CC(C)(O)Cc1c(N)cccc1C(N)=O. The van der Waals surface area contributed by atoms with Crippen LogP contribution in [0.2, 0.25) is 0 Å². The second kappa shape index (κ2) is 3.90. The summed E-state index contributed by atoms with van der Waals surface area (Å²) in [6, 6.07) is 4.97. The van der Waals surface area contributed by atoms with Gasteiger partial charge in [-0.1, -0.05) is 6.07 Å². The summed E-state index contributed by atoms with van der Waals surface area (Å²) in [4.78, 5) is 11.1. The maximum atomic E-state index is 11.1. The minimum Gasteiger partial charge on any atom is -0.398 e. The molecule has 0 unspecified atom stereocenters. The van der Waals surface area contributed by atoms with Crippen LogP contribution in [0, 0.1) is 0 Å². The number of hydrogen-bond acceptors (Lipinski definition) is 3. The van der Waals surface area contributed by atoms with Crippen LogP contribution in [-0.2, 0) is 6.42 Å². The van der Waals surface area contributed by atoms with Gasteiger partial charge < -0.3 is 16.6 Å². The summed E-state index contributed by atoms with van der Waals surface area (Å²) < 4.78 is 0. The number of primary amides is 1. The van der Waals surface area contributed by atoms with E-state index in [1.165, 1.54) is 0 Å². The molecule has 1 aromatic carbocycles. The van der Waals surface area contributed by atoms with Crippen molar-refractivity contribution in [1.29, 1.82) is 0 Å². The predicted octanol–water partition coefficient (Wildman–Crippen LogP) is 0.681. The first-order chi connectivity index (χ1) is 6.81. The van der Waals surface area contributed by atoms with Gasteiger partial charge in [-0.15, -0.1) is 0 Å². The quantitative estimate of drug-likeness (QED) is 0.638. The van der Waals surface area contributed by atoms with Gasteiger partial charge in [-0.05, 0) is 31.5 Å². The van der Waals surface area contributed by atoms with Crippen molar-refractivity contribution in [2.24, 2.45) is 5.73 Å². The number of nitrogens with two attached hydrogens (primary N) is 2. The van der Waals surface area contributed by atoms with E-state index < -0.39 is 11.5 Å². The monoisotopic (exact) mass is 208 g/mol. The molecule has 82 valence electrons. The zero-order valence-corrected chi connectivity index (χ0v) is 8.95. The summed E-state index contributed by atoms with van der Waals surface area (Å²) in [7, 11) is 0. The molecule has 0 aliphatic heterocycles. The Morgan fingerprint density at radius 3 is 2.53 bits per heavy atom.